The summed E-state index contributed by atoms with van der Waals surface area (Å²) in [5, 5.41) is 10.4. The van der Waals surface area contributed by atoms with Crippen molar-refractivity contribution in [1.82, 2.24) is 10.2 Å². The molecule has 2 aromatic rings. The third-order valence-corrected chi connectivity index (χ3v) is 2.03. The topological polar surface area (TPSA) is 86.2 Å². The van der Waals surface area contributed by atoms with E-state index in [9.17, 15) is 0 Å². The normalized spacial score (nSPS) is 10.2. The Kier molecular flexibility index (Phi) is 3.93. The van der Waals surface area contributed by atoms with Crippen LogP contribution in [0.1, 0.15) is 5.89 Å². The zero-order valence-corrected chi connectivity index (χ0v) is 9.30. The van der Waals surface area contributed by atoms with E-state index in [-0.39, 0.29) is 6.54 Å². The van der Waals surface area contributed by atoms with Crippen LogP contribution in [0.15, 0.2) is 34.7 Å². The van der Waals surface area contributed by atoms with Crippen molar-refractivity contribution in [1.29, 1.82) is 0 Å². The van der Waals surface area contributed by atoms with Crippen LogP contribution in [0, 0.1) is 0 Å². The van der Waals surface area contributed by atoms with E-state index in [1.165, 1.54) is 0 Å². The Bertz CT molecular complexity index is 444. The lowest BCUT2D eigenvalue weighted by atomic mass is 10.3. The van der Waals surface area contributed by atoms with Crippen molar-refractivity contribution in [2.45, 2.75) is 6.54 Å². The molecule has 2 rings (SSSR count). The molecule has 0 radical (unpaired) electrons. The standard InChI is InChI=1S/C11H14N4O2/c12-8-10-14-15-11(17-10)13-6-7-16-9-4-2-1-3-5-9/h1-5H,6-8,12H2,(H,13,15). The van der Waals surface area contributed by atoms with Gasteiger partial charge in [0.25, 0.3) is 0 Å². The Balaban J connectivity index is 1.69. The highest BCUT2D eigenvalue weighted by molar-refractivity contribution is 5.21. The second kappa shape index (κ2) is 5.86. The van der Waals surface area contributed by atoms with E-state index in [0.717, 1.165) is 5.75 Å². The number of aromatic nitrogens is 2. The zero-order chi connectivity index (χ0) is 11.9. The Morgan fingerprint density at radius 1 is 1.24 bits per heavy atom. The lowest BCUT2D eigenvalue weighted by Crippen LogP contribution is -2.11. The third-order valence-electron chi connectivity index (χ3n) is 2.03. The molecule has 0 saturated heterocycles. The van der Waals surface area contributed by atoms with Gasteiger partial charge in [0.2, 0.25) is 5.89 Å². The predicted molar refractivity (Wildman–Crippen MR) is 62.6 cm³/mol. The lowest BCUT2D eigenvalue weighted by Gasteiger charge is -2.05. The molecular weight excluding hydrogens is 220 g/mol. The smallest absolute Gasteiger partial charge is 0.315 e. The van der Waals surface area contributed by atoms with Crippen molar-refractivity contribution in [2.24, 2.45) is 5.73 Å². The highest BCUT2D eigenvalue weighted by Gasteiger charge is 2.02. The monoisotopic (exact) mass is 234 g/mol. The van der Waals surface area contributed by atoms with E-state index >= 15 is 0 Å². The van der Waals surface area contributed by atoms with Crippen molar-refractivity contribution >= 4 is 6.01 Å². The maximum atomic E-state index is 5.48. The van der Waals surface area contributed by atoms with Gasteiger partial charge in [-0.2, -0.15) is 0 Å². The van der Waals surface area contributed by atoms with Gasteiger partial charge >= 0.3 is 6.01 Å². The van der Waals surface area contributed by atoms with Crippen LogP contribution in [0.4, 0.5) is 6.01 Å². The van der Waals surface area contributed by atoms with Crippen molar-refractivity contribution in [3.05, 3.63) is 36.2 Å². The maximum Gasteiger partial charge on any atom is 0.315 e. The Morgan fingerprint density at radius 2 is 2.06 bits per heavy atom. The summed E-state index contributed by atoms with van der Waals surface area (Å²) < 4.78 is 10.7. The summed E-state index contributed by atoms with van der Waals surface area (Å²) in [6.45, 7) is 1.35. The zero-order valence-electron chi connectivity index (χ0n) is 9.30. The Labute approximate surface area is 98.8 Å². The maximum absolute atomic E-state index is 5.48. The fourth-order valence-electron chi connectivity index (χ4n) is 1.25. The fourth-order valence-corrected chi connectivity index (χ4v) is 1.25. The quantitative estimate of drug-likeness (QED) is 0.726. The fraction of sp³-hybridized carbons (Fsp3) is 0.273. The number of anilines is 1. The van der Waals surface area contributed by atoms with Crippen LogP contribution in [0.5, 0.6) is 5.75 Å². The van der Waals surface area contributed by atoms with Crippen LogP contribution < -0.4 is 15.8 Å². The molecule has 0 aliphatic carbocycles. The van der Waals surface area contributed by atoms with Gasteiger partial charge in [-0.3, -0.25) is 0 Å². The molecule has 0 aliphatic heterocycles. The van der Waals surface area contributed by atoms with Gasteiger partial charge in [0.15, 0.2) is 0 Å². The molecule has 0 amide bonds. The minimum Gasteiger partial charge on any atom is -0.492 e. The minimum absolute atomic E-state index is 0.245. The van der Waals surface area contributed by atoms with E-state index in [1.807, 2.05) is 30.3 Å². The van der Waals surface area contributed by atoms with Crippen LogP contribution in [0.3, 0.4) is 0 Å². The number of nitrogens with zero attached hydrogens (tertiary/aromatic N) is 2. The number of hydrogen-bond donors (Lipinski definition) is 2. The predicted octanol–water partition coefficient (Wildman–Crippen LogP) is 1.02. The number of para-hydroxylation sites is 1. The van der Waals surface area contributed by atoms with Crippen LogP contribution >= 0.6 is 0 Å². The third kappa shape index (κ3) is 3.46. The summed E-state index contributed by atoms with van der Waals surface area (Å²) in [5.41, 5.74) is 5.35. The van der Waals surface area contributed by atoms with Gasteiger partial charge < -0.3 is 20.2 Å². The first-order chi connectivity index (χ1) is 8.38. The molecule has 6 heteroatoms. The molecule has 0 atom stereocenters. The number of benzene rings is 1. The first-order valence-electron chi connectivity index (χ1n) is 5.32. The molecule has 0 bridgehead atoms. The molecule has 1 aromatic heterocycles. The van der Waals surface area contributed by atoms with E-state index in [4.69, 9.17) is 14.9 Å². The summed E-state index contributed by atoms with van der Waals surface area (Å²) in [7, 11) is 0. The second-order valence-electron chi connectivity index (χ2n) is 3.29. The van der Waals surface area contributed by atoms with Gasteiger partial charge in [0, 0.05) is 0 Å². The number of nitrogens with one attached hydrogen (secondary N) is 1. The summed E-state index contributed by atoms with van der Waals surface area (Å²) >= 11 is 0. The molecule has 0 saturated carbocycles. The SMILES string of the molecule is NCc1nnc(NCCOc2ccccc2)o1. The van der Waals surface area contributed by atoms with Crippen molar-refractivity contribution < 1.29 is 9.15 Å². The molecule has 0 aliphatic rings. The van der Waals surface area contributed by atoms with E-state index in [0.29, 0.717) is 25.1 Å². The average Bonchev–Trinajstić information content (AvgIpc) is 2.84. The number of ether oxygens (including phenoxy) is 1. The van der Waals surface area contributed by atoms with Crippen molar-refractivity contribution in [3.8, 4) is 5.75 Å². The molecule has 3 N–H and O–H groups in total. The molecular formula is C11H14N4O2. The van der Waals surface area contributed by atoms with Crippen molar-refractivity contribution in [2.75, 3.05) is 18.5 Å². The first kappa shape index (κ1) is 11.4. The van der Waals surface area contributed by atoms with Gasteiger partial charge in [-0.05, 0) is 12.1 Å². The summed E-state index contributed by atoms with van der Waals surface area (Å²) in [6, 6.07) is 9.96. The second-order valence-corrected chi connectivity index (χ2v) is 3.29. The average molecular weight is 234 g/mol. The van der Waals surface area contributed by atoms with E-state index in [1.54, 1.807) is 0 Å². The molecule has 90 valence electrons. The molecule has 0 fully saturated rings. The van der Waals surface area contributed by atoms with Crippen LogP contribution in [0.25, 0.3) is 0 Å². The van der Waals surface area contributed by atoms with Gasteiger partial charge in [-0.1, -0.05) is 23.3 Å². The Morgan fingerprint density at radius 3 is 2.76 bits per heavy atom. The van der Waals surface area contributed by atoms with Crippen LogP contribution in [0.2, 0.25) is 0 Å². The summed E-state index contributed by atoms with van der Waals surface area (Å²) in [6.07, 6.45) is 0. The van der Waals surface area contributed by atoms with Gasteiger partial charge in [0.05, 0.1) is 13.1 Å². The minimum atomic E-state index is 0.245. The highest BCUT2D eigenvalue weighted by Crippen LogP contribution is 2.08. The number of hydrogen-bond acceptors (Lipinski definition) is 6. The number of rotatable bonds is 6. The number of nitrogens with two attached hydrogens (primary N) is 1. The van der Waals surface area contributed by atoms with Gasteiger partial charge in [-0.25, -0.2) is 0 Å². The Hall–Kier alpha value is -2.08. The molecule has 17 heavy (non-hydrogen) atoms. The van der Waals surface area contributed by atoms with Crippen molar-refractivity contribution in [3.63, 3.8) is 0 Å². The molecule has 1 aromatic carbocycles. The molecule has 0 unspecified atom stereocenters. The first-order valence-corrected chi connectivity index (χ1v) is 5.32. The summed E-state index contributed by atoms with van der Waals surface area (Å²) in [5.74, 6) is 1.25. The van der Waals surface area contributed by atoms with Crippen LogP contribution in [-0.2, 0) is 6.54 Å². The van der Waals surface area contributed by atoms with E-state index in [2.05, 4.69) is 15.5 Å². The molecule has 6 nitrogen and oxygen atoms in total. The molecule has 0 spiro atoms. The largest absolute Gasteiger partial charge is 0.492 e. The van der Waals surface area contributed by atoms with E-state index < -0.39 is 0 Å². The lowest BCUT2D eigenvalue weighted by molar-refractivity contribution is 0.331. The summed E-state index contributed by atoms with van der Waals surface area (Å²) in [4.78, 5) is 0. The molecule has 1 heterocycles. The van der Waals surface area contributed by atoms with Gasteiger partial charge in [0.1, 0.15) is 12.4 Å². The highest BCUT2D eigenvalue weighted by atomic mass is 16.5. The van der Waals surface area contributed by atoms with Gasteiger partial charge in [-0.15, -0.1) is 5.10 Å². The van der Waals surface area contributed by atoms with Crippen LogP contribution in [-0.4, -0.2) is 23.3 Å².